The topological polar surface area (TPSA) is 117 Å². The number of aliphatic hydroxyl groups excluding tert-OH is 1. The molecule has 3 heterocycles. The van der Waals surface area contributed by atoms with Crippen molar-refractivity contribution in [1.82, 2.24) is 15.2 Å². The van der Waals surface area contributed by atoms with Crippen molar-refractivity contribution in [3.63, 3.8) is 0 Å². The van der Waals surface area contributed by atoms with Gasteiger partial charge in [0.05, 0.1) is 27.2 Å². The van der Waals surface area contributed by atoms with Crippen LogP contribution < -0.4 is 4.90 Å². The van der Waals surface area contributed by atoms with Crippen LogP contribution in [-0.2, 0) is 10.5 Å². The van der Waals surface area contributed by atoms with Crippen molar-refractivity contribution >= 4 is 51.3 Å². The van der Waals surface area contributed by atoms with Gasteiger partial charge in [0.2, 0.25) is 10.9 Å². The van der Waals surface area contributed by atoms with Gasteiger partial charge in [-0.15, -0.1) is 21.5 Å². The average molecular weight is 583 g/mol. The van der Waals surface area contributed by atoms with E-state index in [9.17, 15) is 24.2 Å². The molecule has 1 aliphatic heterocycles. The van der Waals surface area contributed by atoms with E-state index < -0.39 is 23.5 Å². The monoisotopic (exact) mass is 582 g/mol. The maximum absolute atomic E-state index is 13.8. The second-order valence-corrected chi connectivity index (χ2v) is 12.5. The minimum absolute atomic E-state index is 0.0769. The Kier molecular flexibility index (Phi) is 7.27. The lowest BCUT2D eigenvalue weighted by atomic mass is 9.92. The molecular weight excluding hydrogens is 560 g/mol. The Hall–Kier alpha value is -3.61. The largest absolute Gasteiger partial charge is 0.507 e. The predicted octanol–water partition coefficient (Wildman–Crippen LogP) is 6.15. The fraction of sp³-hybridized carbons (Fsp3) is 0.222. The summed E-state index contributed by atoms with van der Waals surface area (Å²) in [6, 6.07) is 8.52. The summed E-state index contributed by atoms with van der Waals surface area (Å²) in [6.45, 7) is 6.95. The number of aromatic nitrogens is 3. The number of ketones is 1. The first-order valence-corrected chi connectivity index (χ1v) is 14.4. The van der Waals surface area contributed by atoms with Crippen LogP contribution in [0.4, 0.5) is 9.52 Å². The molecule has 0 spiro atoms. The van der Waals surface area contributed by atoms with Gasteiger partial charge < -0.3 is 10.2 Å². The Morgan fingerprint density at radius 3 is 2.33 bits per heavy atom. The van der Waals surface area contributed by atoms with Crippen molar-refractivity contribution in [3.05, 3.63) is 91.4 Å². The fourth-order valence-electron chi connectivity index (χ4n) is 4.45. The molecule has 5 rings (SSSR count). The number of thioether (sulfide) groups is 1. The number of benzene rings is 2. The maximum Gasteiger partial charge on any atom is 0.296 e. The van der Waals surface area contributed by atoms with E-state index in [4.69, 9.17) is 0 Å². The van der Waals surface area contributed by atoms with Crippen molar-refractivity contribution in [1.29, 1.82) is 0 Å². The smallest absolute Gasteiger partial charge is 0.296 e. The zero-order chi connectivity index (χ0) is 28.0. The molecule has 2 aromatic heterocycles. The molecule has 1 atom stereocenters. The molecule has 0 aliphatic carbocycles. The number of phenols is 1. The molecule has 4 aromatic rings. The number of halogens is 1. The number of carbonyl (C=O) groups is 2. The molecule has 0 radical (unpaired) electrons. The molecule has 1 unspecified atom stereocenters. The molecule has 39 heavy (non-hydrogen) atoms. The van der Waals surface area contributed by atoms with Crippen molar-refractivity contribution in [2.45, 2.75) is 43.8 Å². The van der Waals surface area contributed by atoms with Crippen LogP contribution in [0, 0.1) is 33.5 Å². The Balaban J connectivity index is 1.55. The van der Waals surface area contributed by atoms with Crippen LogP contribution in [0.15, 0.2) is 52.1 Å². The van der Waals surface area contributed by atoms with Crippen molar-refractivity contribution in [2.24, 2.45) is 0 Å². The Morgan fingerprint density at radius 1 is 1.05 bits per heavy atom. The quantitative estimate of drug-likeness (QED) is 0.151. The van der Waals surface area contributed by atoms with E-state index in [-0.39, 0.29) is 22.3 Å². The highest BCUT2D eigenvalue weighted by Gasteiger charge is 2.47. The van der Waals surface area contributed by atoms with E-state index in [2.05, 4.69) is 15.2 Å². The number of carbonyl (C=O) groups excluding carboxylic acids is 2. The van der Waals surface area contributed by atoms with E-state index in [1.165, 1.54) is 40.1 Å². The fourth-order valence-corrected chi connectivity index (χ4v) is 7.14. The van der Waals surface area contributed by atoms with Gasteiger partial charge in [-0.05, 0) is 74.2 Å². The van der Waals surface area contributed by atoms with Crippen LogP contribution in [0.2, 0.25) is 0 Å². The number of hydrogen-bond donors (Lipinski definition) is 2. The van der Waals surface area contributed by atoms with E-state index in [1.54, 1.807) is 52.0 Å². The zero-order valence-electron chi connectivity index (χ0n) is 21.4. The number of rotatable bonds is 7. The summed E-state index contributed by atoms with van der Waals surface area (Å²) in [6.07, 6.45) is 0. The standard InChI is InChI=1S/C27H23FN4O4S3/c1-12-9-17(10-13(2)21(12)33)20-19(22(34)24-14(3)29-15(4)38-24)23(35)25(36)32(20)26-30-31-27(39-26)37-11-16-5-7-18(28)8-6-16/h5-10,20,33,35H,11H2,1-4H3. The predicted molar refractivity (Wildman–Crippen MR) is 149 cm³/mol. The van der Waals surface area contributed by atoms with Crippen LogP contribution in [0.1, 0.15) is 48.7 Å². The van der Waals surface area contributed by atoms with Gasteiger partial charge in [-0.1, -0.05) is 35.2 Å². The third kappa shape index (κ3) is 5.07. The van der Waals surface area contributed by atoms with Gasteiger partial charge in [-0.3, -0.25) is 14.5 Å². The number of thiazole rings is 1. The zero-order valence-corrected chi connectivity index (χ0v) is 23.8. The van der Waals surface area contributed by atoms with Gasteiger partial charge in [-0.25, -0.2) is 9.37 Å². The Labute approximate surface area is 235 Å². The number of Topliss-reactive ketones (excluding diaryl/α,β-unsaturated/α-hetero) is 1. The Morgan fingerprint density at radius 2 is 1.72 bits per heavy atom. The molecule has 1 aliphatic rings. The van der Waals surface area contributed by atoms with Gasteiger partial charge in [-0.2, -0.15) is 0 Å². The van der Waals surface area contributed by atoms with Crippen LogP contribution in [-0.4, -0.2) is 37.1 Å². The van der Waals surface area contributed by atoms with E-state index in [0.29, 0.717) is 42.4 Å². The van der Waals surface area contributed by atoms with Crippen LogP contribution in [0.5, 0.6) is 5.75 Å². The number of aliphatic hydroxyl groups is 1. The highest BCUT2D eigenvalue weighted by atomic mass is 32.2. The molecule has 0 saturated heterocycles. The van der Waals surface area contributed by atoms with Gasteiger partial charge in [0, 0.05) is 5.75 Å². The molecule has 8 nitrogen and oxygen atoms in total. The number of aromatic hydroxyl groups is 1. The number of nitrogens with zero attached hydrogens (tertiary/aromatic N) is 4. The van der Waals surface area contributed by atoms with E-state index in [0.717, 1.165) is 16.9 Å². The van der Waals surface area contributed by atoms with E-state index >= 15 is 0 Å². The first-order valence-electron chi connectivity index (χ1n) is 11.8. The molecule has 2 aromatic carbocycles. The molecule has 2 N–H and O–H groups in total. The molecule has 0 saturated carbocycles. The van der Waals surface area contributed by atoms with Crippen LogP contribution in [0.3, 0.4) is 0 Å². The van der Waals surface area contributed by atoms with Gasteiger partial charge in [0.15, 0.2) is 10.1 Å². The average Bonchev–Trinajstić information content (AvgIpc) is 3.57. The molecule has 200 valence electrons. The minimum Gasteiger partial charge on any atom is -0.507 e. The summed E-state index contributed by atoms with van der Waals surface area (Å²) >= 11 is 3.72. The second kappa shape index (κ2) is 10.5. The summed E-state index contributed by atoms with van der Waals surface area (Å²) in [4.78, 5) is 33.2. The van der Waals surface area contributed by atoms with Crippen LogP contribution >= 0.6 is 34.4 Å². The van der Waals surface area contributed by atoms with E-state index in [1.807, 2.05) is 0 Å². The first kappa shape index (κ1) is 27.0. The lowest BCUT2D eigenvalue weighted by Crippen LogP contribution is -2.31. The lowest BCUT2D eigenvalue weighted by molar-refractivity contribution is -0.117. The molecule has 0 fully saturated rings. The number of aryl methyl sites for hydroxylation is 4. The molecule has 0 bridgehead atoms. The van der Waals surface area contributed by atoms with Crippen LogP contribution in [0.25, 0.3) is 0 Å². The third-order valence-electron chi connectivity index (χ3n) is 6.27. The van der Waals surface area contributed by atoms with Gasteiger partial charge in [0.1, 0.15) is 11.6 Å². The number of phenolic OH excluding ortho intramolecular Hbond substituents is 1. The number of anilines is 1. The molecular formula is C27H23FN4O4S3. The summed E-state index contributed by atoms with van der Waals surface area (Å²) in [5, 5.41) is 30.7. The number of amides is 1. The SMILES string of the molecule is Cc1nc(C)c(C(=O)C2=C(O)C(=O)N(c3nnc(SCc4ccc(F)cc4)s3)C2c2cc(C)c(O)c(C)c2)s1. The number of hydrogen-bond acceptors (Lipinski definition) is 10. The molecule has 12 heteroatoms. The van der Waals surface area contributed by atoms with Gasteiger partial charge in [0.25, 0.3) is 5.91 Å². The summed E-state index contributed by atoms with van der Waals surface area (Å²) < 4.78 is 13.8. The summed E-state index contributed by atoms with van der Waals surface area (Å²) in [5.74, 6) is -1.61. The molecule has 1 amide bonds. The van der Waals surface area contributed by atoms with Gasteiger partial charge >= 0.3 is 0 Å². The first-order chi connectivity index (χ1) is 18.5. The third-order valence-corrected chi connectivity index (χ3v) is 9.47. The lowest BCUT2D eigenvalue weighted by Gasteiger charge is -2.25. The minimum atomic E-state index is -0.993. The summed E-state index contributed by atoms with van der Waals surface area (Å²) in [5.41, 5.74) is 3.00. The summed E-state index contributed by atoms with van der Waals surface area (Å²) in [7, 11) is 0. The second-order valence-electron chi connectivity index (χ2n) is 9.09. The van der Waals surface area contributed by atoms with Crippen molar-refractivity contribution in [3.8, 4) is 5.75 Å². The highest BCUT2D eigenvalue weighted by Crippen LogP contribution is 2.45. The van der Waals surface area contributed by atoms with Crippen molar-refractivity contribution in [2.75, 3.05) is 4.90 Å². The Bertz CT molecular complexity index is 1620. The highest BCUT2D eigenvalue weighted by molar-refractivity contribution is 8.00. The van der Waals surface area contributed by atoms with Crippen molar-refractivity contribution < 1.29 is 24.2 Å². The maximum atomic E-state index is 13.8. The normalized spacial score (nSPS) is 15.5.